The van der Waals surface area contributed by atoms with Crippen molar-refractivity contribution in [1.29, 1.82) is 0 Å². The van der Waals surface area contributed by atoms with Gasteiger partial charge < -0.3 is 20.5 Å². The first-order valence-corrected chi connectivity index (χ1v) is 8.41. The third-order valence-corrected chi connectivity index (χ3v) is 4.23. The molecule has 5 heteroatoms. The van der Waals surface area contributed by atoms with Crippen LogP contribution < -0.4 is 10.6 Å². The summed E-state index contributed by atoms with van der Waals surface area (Å²) in [6.45, 7) is 4.81. The summed E-state index contributed by atoms with van der Waals surface area (Å²) in [5, 5.41) is 16.4. The summed E-state index contributed by atoms with van der Waals surface area (Å²) in [4.78, 5) is 11.7. The van der Waals surface area contributed by atoms with Crippen LogP contribution in [0.5, 0.6) is 0 Å². The summed E-state index contributed by atoms with van der Waals surface area (Å²) in [7, 11) is 0. The number of ether oxygens (including phenoxy) is 1. The fourth-order valence-electron chi connectivity index (χ4n) is 2.82. The lowest BCUT2D eigenvalue weighted by molar-refractivity contribution is 0.0416. The summed E-state index contributed by atoms with van der Waals surface area (Å²) in [6.07, 6.45) is 3.15. The van der Waals surface area contributed by atoms with Gasteiger partial charge in [0.05, 0.1) is 5.60 Å². The minimum Gasteiger partial charge on any atom is -0.445 e. The Bertz CT molecular complexity index is 484. The van der Waals surface area contributed by atoms with Gasteiger partial charge in [-0.2, -0.15) is 0 Å². The molecule has 1 atom stereocenters. The van der Waals surface area contributed by atoms with Crippen LogP contribution in [0, 0.1) is 0 Å². The Balaban J connectivity index is 1.58. The molecule has 1 saturated carbocycles. The van der Waals surface area contributed by atoms with Gasteiger partial charge in [-0.25, -0.2) is 4.79 Å². The molecule has 1 unspecified atom stereocenters. The van der Waals surface area contributed by atoms with E-state index in [0.717, 1.165) is 31.2 Å². The van der Waals surface area contributed by atoms with Crippen molar-refractivity contribution in [2.24, 2.45) is 0 Å². The molecule has 23 heavy (non-hydrogen) atoms. The molecule has 0 bridgehead atoms. The number of carbonyl (C=O) groups is 1. The van der Waals surface area contributed by atoms with Crippen molar-refractivity contribution < 1.29 is 14.6 Å². The Kier molecular flexibility index (Phi) is 6.42. The topological polar surface area (TPSA) is 70.6 Å². The zero-order valence-corrected chi connectivity index (χ0v) is 14.0. The molecule has 0 saturated heterocycles. The summed E-state index contributed by atoms with van der Waals surface area (Å²) in [6, 6.07) is 10.2. The van der Waals surface area contributed by atoms with Crippen molar-refractivity contribution >= 4 is 6.09 Å². The highest BCUT2D eigenvalue weighted by molar-refractivity contribution is 5.67. The van der Waals surface area contributed by atoms with Crippen LogP contribution in [0.25, 0.3) is 0 Å². The molecule has 1 aliphatic carbocycles. The Morgan fingerprint density at radius 2 is 2.00 bits per heavy atom. The van der Waals surface area contributed by atoms with E-state index in [1.807, 2.05) is 37.3 Å². The maximum absolute atomic E-state index is 11.7. The van der Waals surface area contributed by atoms with Crippen LogP contribution >= 0.6 is 0 Å². The van der Waals surface area contributed by atoms with Gasteiger partial charge in [-0.1, -0.05) is 43.7 Å². The molecule has 1 aromatic carbocycles. The van der Waals surface area contributed by atoms with Gasteiger partial charge >= 0.3 is 6.09 Å². The predicted octanol–water partition coefficient (Wildman–Crippen LogP) is 2.58. The van der Waals surface area contributed by atoms with E-state index in [1.165, 1.54) is 0 Å². The monoisotopic (exact) mass is 320 g/mol. The molecule has 3 N–H and O–H groups in total. The zero-order chi connectivity index (χ0) is 16.7. The minimum atomic E-state index is -0.651. The Morgan fingerprint density at radius 3 is 2.65 bits per heavy atom. The molecule has 128 valence electrons. The largest absolute Gasteiger partial charge is 0.445 e. The van der Waals surface area contributed by atoms with Gasteiger partial charge in [-0.3, -0.25) is 0 Å². The van der Waals surface area contributed by atoms with E-state index < -0.39 is 5.60 Å². The van der Waals surface area contributed by atoms with Gasteiger partial charge in [0.2, 0.25) is 0 Å². The summed E-state index contributed by atoms with van der Waals surface area (Å²) in [5.74, 6) is 0. The van der Waals surface area contributed by atoms with Crippen molar-refractivity contribution in [3.05, 3.63) is 35.9 Å². The Morgan fingerprint density at radius 1 is 1.30 bits per heavy atom. The van der Waals surface area contributed by atoms with Crippen LogP contribution in [0.2, 0.25) is 0 Å². The van der Waals surface area contributed by atoms with Crippen molar-refractivity contribution in [2.75, 3.05) is 6.54 Å². The smallest absolute Gasteiger partial charge is 0.407 e. The molecule has 0 heterocycles. The van der Waals surface area contributed by atoms with Crippen LogP contribution in [-0.2, 0) is 11.3 Å². The minimum absolute atomic E-state index is 0.159. The zero-order valence-electron chi connectivity index (χ0n) is 14.0. The third kappa shape index (κ3) is 6.20. The number of hydrogen-bond acceptors (Lipinski definition) is 4. The third-order valence-electron chi connectivity index (χ3n) is 4.23. The molecule has 0 radical (unpaired) electrons. The van der Waals surface area contributed by atoms with Crippen LogP contribution in [0.4, 0.5) is 4.79 Å². The average molecular weight is 320 g/mol. The lowest BCUT2D eigenvalue weighted by Crippen LogP contribution is -2.55. The van der Waals surface area contributed by atoms with E-state index in [2.05, 4.69) is 17.6 Å². The van der Waals surface area contributed by atoms with Gasteiger partial charge in [-0.05, 0) is 31.7 Å². The molecule has 0 spiro atoms. The molecule has 0 aromatic heterocycles. The van der Waals surface area contributed by atoms with Gasteiger partial charge in [0.25, 0.3) is 0 Å². The molecular formula is C18H28N2O3. The highest BCUT2D eigenvalue weighted by Gasteiger charge is 2.32. The number of amides is 1. The Labute approximate surface area is 138 Å². The van der Waals surface area contributed by atoms with Gasteiger partial charge in [0, 0.05) is 18.6 Å². The van der Waals surface area contributed by atoms with E-state index in [1.54, 1.807) is 0 Å². The second-order valence-corrected chi connectivity index (χ2v) is 6.70. The van der Waals surface area contributed by atoms with Crippen LogP contribution in [0.1, 0.15) is 45.1 Å². The van der Waals surface area contributed by atoms with Crippen molar-refractivity contribution in [2.45, 2.75) is 63.8 Å². The summed E-state index contributed by atoms with van der Waals surface area (Å²) < 4.78 is 5.21. The highest BCUT2D eigenvalue weighted by atomic mass is 16.5. The second kappa shape index (κ2) is 8.31. The maximum Gasteiger partial charge on any atom is 0.407 e. The number of benzene rings is 1. The number of aliphatic hydroxyl groups is 1. The van der Waals surface area contributed by atoms with E-state index in [0.29, 0.717) is 19.2 Å². The first-order chi connectivity index (χ1) is 11.0. The normalized spacial score (nSPS) is 22.7. The van der Waals surface area contributed by atoms with E-state index in [9.17, 15) is 9.90 Å². The standard InChI is InChI=1S/C18H28N2O3/c1-3-9-18(2,22)13-19-15-10-16(11-15)20-17(21)23-12-14-7-5-4-6-8-14/h4-8,15-16,19,22H,3,9-13H2,1-2H3,(H,20,21). The second-order valence-electron chi connectivity index (χ2n) is 6.70. The van der Waals surface area contributed by atoms with E-state index in [4.69, 9.17) is 4.74 Å². The van der Waals surface area contributed by atoms with Crippen LogP contribution in [0.3, 0.4) is 0 Å². The molecule has 1 aliphatic rings. The maximum atomic E-state index is 11.7. The number of alkyl carbamates (subject to hydrolysis) is 1. The van der Waals surface area contributed by atoms with Crippen LogP contribution in [0.15, 0.2) is 30.3 Å². The quantitative estimate of drug-likeness (QED) is 0.688. The van der Waals surface area contributed by atoms with Crippen molar-refractivity contribution in [3.8, 4) is 0 Å². The molecule has 1 fully saturated rings. The summed E-state index contributed by atoms with van der Waals surface area (Å²) in [5.41, 5.74) is 0.330. The van der Waals surface area contributed by atoms with Crippen molar-refractivity contribution in [1.82, 2.24) is 10.6 Å². The molecular weight excluding hydrogens is 292 g/mol. The van der Waals surface area contributed by atoms with E-state index in [-0.39, 0.29) is 12.1 Å². The molecule has 1 aromatic rings. The molecule has 2 rings (SSSR count). The van der Waals surface area contributed by atoms with Gasteiger partial charge in [0.15, 0.2) is 0 Å². The fourth-order valence-corrected chi connectivity index (χ4v) is 2.82. The summed E-state index contributed by atoms with van der Waals surface area (Å²) >= 11 is 0. The number of hydrogen-bond donors (Lipinski definition) is 3. The van der Waals surface area contributed by atoms with Gasteiger partial charge in [-0.15, -0.1) is 0 Å². The lowest BCUT2D eigenvalue weighted by atomic mass is 9.86. The Hall–Kier alpha value is -1.59. The number of carbonyl (C=O) groups excluding carboxylic acids is 1. The molecule has 5 nitrogen and oxygen atoms in total. The highest BCUT2D eigenvalue weighted by Crippen LogP contribution is 2.21. The average Bonchev–Trinajstić information content (AvgIpc) is 2.48. The molecule has 0 aliphatic heterocycles. The number of nitrogens with one attached hydrogen (secondary N) is 2. The van der Waals surface area contributed by atoms with Crippen molar-refractivity contribution in [3.63, 3.8) is 0 Å². The number of rotatable bonds is 8. The van der Waals surface area contributed by atoms with Gasteiger partial charge in [0.1, 0.15) is 6.61 Å². The lowest BCUT2D eigenvalue weighted by Gasteiger charge is -2.38. The SMILES string of the molecule is CCCC(C)(O)CNC1CC(NC(=O)OCc2ccccc2)C1. The first-order valence-electron chi connectivity index (χ1n) is 8.41. The fraction of sp³-hybridized carbons (Fsp3) is 0.611. The molecule has 1 amide bonds. The predicted molar refractivity (Wildman–Crippen MR) is 90.1 cm³/mol. The van der Waals surface area contributed by atoms with Crippen LogP contribution in [-0.4, -0.2) is 35.4 Å². The van der Waals surface area contributed by atoms with E-state index >= 15 is 0 Å². The first kappa shape index (κ1) is 17.8.